The van der Waals surface area contributed by atoms with E-state index in [2.05, 4.69) is 5.16 Å². The van der Waals surface area contributed by atoms with Crippen molar-refractivity contribution in [1.29, 1.82) is 0 Å². The molecule has 2 aliphatic rings. The Morgan fingerprint density at radius 2 is 1.54 bits per heavy atom. The molecular formula is C18H18N2O3S. The highest BCUT2D eigenvalue weighted by molar-refractivity contribution is 7.89. The topological polar surface area (TPSA) is 70.0 Å². The van der Waals surface area contributed by atoms with Gasteiger partial charge in [0.15, 0.2) is 0 Å². The number of fused-ring (bicyclic) bond motifs is 3. The maximum Gasteiger partial charge on any atom is 0.243 e. The minimum absolute atomic E-state index is 0.228. The Bertz CT molecular complexity index is 929. The van der Waals surface area contributed by atoms with Crippen molar-refractivity contribution in [2.75, 3.05) is 13.1 Å². The van der Waals surface area contributed by atoms with Crippen molar-refractivity contribution < 1.29 is 13.6 Å². The van der Waals surface area contributed by atoms with E-state index < -0.39 is 10.0 Å². The second-order valence-corrected chi connectivity index (χ2v) is 8.04. The van der Waals surface area contributed by atoms with Gasteiger partial charge in [0, 0.05) is 24.2 Å². The third-order valence-electron chi connectivity index (χ3n) is 4.77. The fraction of sp³-hybridized carbons (Fsp3) is 0.278. The molecule has 6 heteroatoms. The molecule has 1 N–H and O–H groups in total. The molecule has 0 aromatic heterocycles. The first kappa shape index (κ1) is 15.4. The Morgan fingerprint density at radius 3 is 2.25 bits per heavy atom. The monoisotopic (exact) mass is 342 g/mol. The molecule has 0 amide bonds. The van der Waals surface area contributed by atoms with Crippen molar-refractivity contribution in [3.05, 3.63) is 53.6 Å². The van der Waals surface area contributed by atoms with Crippen molar-refractivity contribution in [3.8, 4) is 11.1 Å². The van der Waals surface area contributed by atoms with Gasteiger partial charge in [0.05, 0.1) is 4.90 Å². The molecule has 0 unspecified atom stereocenters. The molecule has 1 aliphatic heterocycles. The number of nitrogens with zero attached hydrogens (tertiary/aromatic N) is 2. The summed E-state index contributed by atoms with van der Waals surface area (Å²) in [7, 11) is -3.61. The van der Waals surface area contributed by atoms with Crippen molar-refractivity contribution in [2.45, 2.75) is 24.2 Å². The minimum Gasteiger partial charge on any atom is -0.410 e. The van der Waals surface area contributed by atoms with Gasteiger partial charge in [-0.1, -0.05) is 48.0 Å². The number of benzene rings is 2. The highest BCUT2D eigenvalue weighted by Crippen LogP contribution is 2.40. The Labute approximate surface area is 141 Å². The van der Waals surface area contributed by atoms with Gasteiger partial charge in [-0.3, -0.25) is 0 Å². The van der Waals surface area contributed by atoms with E-state index in [9.17, 15) is 13.6 Å². The lowest BCUT2D eigenvalue weighted by Gasteiger charge is -2.26. The molecule has 124 valence electrons. The summed E-state index contributed by atoms with van der Waals surface area (Å²) < 4.78 is 27.8. The number of rotatable bonds is 2. The lowest BCUT2D eigenvalue weighted by Crippen LogP contribution is -2.36. The average Bonchev–Trinajstić information content (AvgIpc) is 2.96. The van der Waals surface area contributed by atoms with E-state index in [0.717, 1.165) is 36.0 Å². The molecule has 4 rings (SSSR count). The van der Waals surface area contributed by atoms with Crippen molar-refractivity contribution in [1.82, 2.24) is 4.31 Å². The van der Waals surface area contributed by atoms with E-state index >= 15 is 0 Å². The molecule has 0 atom stereocenters. The molecule has 1 saturated heterocycles. The summed E-state index contributed by atoms with van der Waals surface area (Å²) in [5, 5.41) is 13.0. The molecule has 1 heterocycles. The number of hydrogen-bond acceptors (Lipinski definition) is 4. The van der Waals surface area contributed by atoms with Crippen LogP contribution in [-0.2, 0) is 10.0 Å². The maximum absolute atomic E-state index is 13.1. The first-order chi connectivity index (χ1) is 11.6. The molecular weight excluding hydrogens is 324 g/mol. The Balaban J connectivity index is 1.92. The number of oxime groups is 1. The molecule has 5 nitrogen and oxygen atoms in total. The number of piperidine rings is 1. The van der Waals surface area contributed by atoms with Gasteiger partial charge >= 0.3 is 0 Å². The molecule has 24 heavy (non-hydrogen) atoms. The van der Waals surface area contributed by atoms with Gasteiger partial charge in [0.25, 0.3) is 0 Å². The second-order valence-electron chi connectivity index (χ2n) is 6.14. The number of sulfonamides is 1. The van der Waals surface area contributed by atoms with Crippen molar-refractivity contribution in [2.24, 2.45) is 5.16 Å². The Hall–Kier alpha value is -2.18. The van der Waals surface area contributed by atoms with Crippen LogP contribution < -0.4 is 0 Å². The first-order valence-electron chi connectivity index (χ1n) is 8.10. The van der Waals surface area contributed by atoms with Crippen LogP contribution in [0.4, 0.5) is 0 Å². The predicted molar refractivity (Wildman–Crippen MR) is 91.9 cm³/mol. The SMILES string of the molecule is O=S(=O)(c1cccc2c1C(=NO)c1ccccc1-2)N1CCCCC1. The molecule has 1 fully saturated rings. The van der Waals surface area contributed by atoms with E-state index in [1.165, 1.54) is 0 Å². The molecule has 1 aliphatic carbocycles. The fourth-order valence-electron chi connectivity index (χ4n) is 3.62. The summed E-state index contributed by atoms with van der Waals surface area (Å²) in [6.07, 6.45) is 2.83. The van der Waals surface area contributed by atoms with Gasteiger partial charge < -0.3 is 5.21 Å². The largest absolute Gasteiger partial charge is 0.410 e. The minimum atomic E-state index is -3.61. The second kappa shape index (κ2) is 5.72. The normalized spacial score (nSPS) is 19.2. The molecule has 0 radical (unpaired) electrons. The van der Waals surface area contributed by atoms with Crippen LogP contribution in [0.1, 0.15) is 30.4 Å². The van der Waals surface area contributed by atoms with Gasteiger partial charge in [-0.15, -0.1) is 0 Å². The van der Waals surface area contributed by atoms with E-state index in [0.29, 0.717) is 24.4 Å². The van der Waals surface area contributed by atoms with Crippen LogP contribution in [0.5, 0.6) is 0 Å². The highest BCUT2D eigenvalue weighted by Gasteiger charge is 2.35. The lowest BCUT2D eigenvalue weighted by molar-refractivity contribution is 0.319. The molecule has 2 aromatic carbocycles. The summed E-state index contributed by atoms with van der Waals surface area (Å²) in [6.45, 7) is 1.09. The van der Waals surface area contributed by atoms with Crippen LogP contribution in [0.25, 0.3) is 11.1 Å². The summed E-state index contributed by atoms with van der Waals surface area (Å²) >= 11 is 0. The zero-order valence-corrected chi connectivity index (χ0v) is 14.0. The zero-order chi connectivity index (χ0) is 16.7. The van der Waals surface area contributed by atoms with Crippen molar-refractivity contribution in [3.63, 3.8) is 0 Å². The van der Waals surface area contributed by atoms with Crippen LogP contribution >= 0.6 is 0 Å². The van der Waals surface area contributed by atoms with Crippen LogP contribution in [0, 0.1) is 0 Å². The fourth-order valence-corrected chi connectivity index (χ4v) is 5.35. The van der Waals surface area contributed by atoms with Crippen molar-refractivity contribution >= 4 is 15.7 Å². The van der Waals surface area contributed by atoms with Gasteiger partial charge in [-0.2, -0.15) is 4.31 Å². The van der Waals surface area contributed by atoms with E-state index in [4.69, 9.17) is 0 Å². The molecule has 0 saturated carbocycles. The van der Waals surface area contributed by atoms with Crippen LogP contribution in [-0.4, -0.2) is 36.7 Å². The highest BCUT2D eigenvalue weighted by atomic mass is 32.2. The maximum atomic E-state index is 13.1. The van der Waals surface area contributed by atoms with Gasteiger partial charge in [-0.25, -0.2) is 8.42 Å². The van der Waals surface area contributed by atoms with E-state index in [1.54, 1.807) is 16.4 Å². The Morgan fingerprint density at radius 1 is 0.875 bits per heavy atom. The molecule has 0 spiro atoms. The lowest BCUT2D eigenvalue weighted by atomic mass is 10.1. The van der Waals surface area contributed by atoms with Gasteiger partial charge in [0.1, 0.15) is 5.71 Å². The van der Waals surface area contributed by atoms with Gasteiger partial charge in [0.2, 0.25) is 10.0 Å². The van der Waals surface area contributed by atoms with E-state index in [-0.39, 0.29) is 4.90 Å². The van der Waals surface area contributed by atoms with Gasteiger partial charge in [-0.05, 0) is 30.0 Å². The summed E-state index contributed by atoms with van der Waals surface area (Å²) in [4.78, 5) is 0.228. The zero-order valence-electron chi connectivity index (χ0n) is 13.1. The summed E-state index contributed by atoms with van der Waals surface area (Å²) in [6, 6.07) is 12.8. The predicted octanol–water partition coefficient (Wildman–Crippen LogP) is 3.07. The van der Waals surface area contributed by atoms with E-state index in [1.807, 2.05) is 30.3 Å². The van der Waals surface area contributed by atoms with Crippen LogP contribution in [0.15, 0.2) is 52.5 Å². The quantitative estimate of drug-likeness (QED) is 0.575. The smallest absolute Gasteiger partial charge is 0.243 e. The van der Waals surface area contributed by atoms with Crippen LogP contribution in [0.2, 0.25) is 0 Å². The standard InChI is InChI=1S/C18H18N2O3S/c21-19-18-15-8-3-2-7-13(15)14-9-6-10-16(17(14)18)24(22,23)20-11-4-1-5-12-20/h2-3,6-10,21H,1,4-5,11-12H2. The van der Waals surface area contributed by atoms with Crippen LogP contribution in [0.3, 0.4) is 0 Å². The third-order valence-corrected chi connectivity index (χ3v) is 6.71. The summed E-state index contributed by atoms with van der Waals surface area (Å²) in [5.41, 5.74) is 3.30. The first-order valence-corrected chi connectivity index (χ1v) is 9.54. The Kier molecular flexibility index (Phi) is 3.66. The number of hydrogen-bond donors (Lipinski definition) is 1. The molecule has 0 bridgehead atoms. The summed E-state index contributed by atoms with van der Waals surface area (Å²) in [5.74, 6) is 0. The average molecular weight is 342 g/mol. The third kappa shape index (κ3) is 2.17. The molecule has 2 aromatic rings.